The predicted molar refractivity (Wildman–Crippen MR) is 96.4 cm³/mol. The van der Waals surface area contributed by atoms with E-state index in [9.17, 15) is 17.6 Å². The van der Waals surface area contributed by atoms with Gasteiger partial charge >= 0.3 is 0 Å². The first-order valence-corrected chi connectivity index (χ1v) is 10.5. The predicted octanol–water partition coefficient (Wildman–Crippen LogP) is 0.276. The number of carbonyl (C=O) groups excluding carboxylic acids is 1. The van der Waals surface area contributed by atoms with E-state index in [1.165, 1.54) is 27.2 Å². The lowest BCUT2D eigenvalue weighted by Crippen LogP contribution is -2.51. The van der Waals surface area contributed by atoms with Crippen LogP contribution < -0.4 is 0 Å². The lowest BCUT2D eigenvalue weighted by Gasteiger charge is -2.37. The summed E-state index contributed by atoms with van der Waals surface area (Å²) in [5, 5.41) is 7.90. The maximum absolute atomic E-state index is 13.7. The second kappa shape index (κ2) is 7.57. The highest BCUT2D eigenvalue weighted by atomic mass is 32.2. The lowest BCUT2D eigenvalue weighted by molar-refractivity contribution is 0.0299. The van der Waals surface area contributed by atoms with E-state index in [1.807, 2.05) is 0 Å². The molecule has 2 saturated heterocycles. The molecule has 1 aromatic heterocycles. The monoisotopic (exact) mass is 409 g/mol. The van der Waals surface area contributed by atoms with E-state index < -0.39 is 15.8 Å². The van der Waals surface area contributed by atoms with Gasteiger partial charge in [0, 0.05) is 31.7 Å². The highest BCUT2D eigenvalue weighted by Gasteiger charge is 2.38. The average molecular weight is 409 g/mol. The van der Waals surface area contributed by atoms with Crippen molar-refractivity contribution in [2.75, 3.05) is 39.4 Å². The van der Waals surface area contributed by atoms with Crippen LogP contribution >= 0.6 is 0 Å². The third kappa shape index (κ3) is 3.77. The molecule has 0 spiro atoms. The van der Waals surface area contributed by atoms with E-state index in [4.69, 9.17) is 4.74 Å². The highest BCUT2D eigenvalue weighted by molar-refractivity contribution is 7.88. The van der Waals surface area contributed by atoms with Crippen LogP contribution in [0.4, 0.5) is 4.39 Å². The molecule has 3 heterocycles. The van der Waals surface area contributed by atoms with E-state index in [1.54, 1.807) is 17.2 Å². The number of halogens is 1. The van der Waals surface area contributed by atoms with Crippen molar-refractivity contribution < 1.29 is 22.3 Å². The summed E-state index contributed by atoms with van der Waals surface area (Å²) in [7, 11) is -3.62. The van der Waals surface area contributed by atoms with Crippen molar-refractivity contribution in [1.82, 2.24) is 24.2 Å². The van der Waals surface area contributed by atoms with Gasteiger partial charge in [-0.2, -0.15) is 4.31 Å². The van der Waals surface area contributed by atoms with Crippen LogP contribution in [0.5, 0.6) is 0 Å². The molecule has 0 atom stereocenters. The molecule has 9 nitrogen and oxygen atoms in total. The first-order valence-electron chi connectivity index (χ1n) is 8.94. The number of carbonyl (C=O) groups is 1. The summed E-state index contributed by atoms with van der Waals surface area (Å²) in [5.74, 6) is -1.13. The molecule has 0 bridgehead atoms. The smallest absolute Gasteiger partial charge is 0.276 e. The van der Waals surface area contributed by atoms with Gasteiger partial charge in [0.1, 0.15) is 5.82 Å². The van der Waals surface area contributed by atoms with Crippen molar-refractivity contribution in [1.29, 1.82) is 0 Å². The summed E-state index contributed by atoms with van der Waals surface area (Å²) >= 11 is 0. The summed E-state index contributed by atoms with van der Waals surface area (Å²) in [6.07, 6.45) is 1.54. The minimum Gasteiger partial charge on any atom is -0.378 e. The van der Waals surface area contributed by atoms with Gasteiger partial charge < -0.3 is 9.64 Å². The molecular formula is C17H20FN5O4S. The molecule has 0 saturated carbocycles. The van der Waals surface area contributed by atoms with Crippen molar-refractivity contribution >= 4 is 15.9 Å². The molecule has 2 fully saturated rings. The Balaban J connectivity index is 1.37. The number of amides is 1. The fraction of sp³-hybridized carbons (Fsp3) is 0.471. The molecule has 4 rings (SSSR count). The summed E-state index contributed by atoms with van der Waals surface area (Å²) in [6, 6.07) is 5.63. The molecule has 11 heteroatoms. The van der Waals surface area contributed by atoms with E-state index in [0.29, 0.717) is 26.3 Å². The first-order chi connectivity index (χ1) is 13.4. The summed E-state index contributed by atoms with van der Waals surface area (Å²) in [6.45, 7) is 2.44. The number of nitrogens with zero attached hydrogens (tertiary/aromatic N) is 5. The molecule has 28 heavy (non-hydrogen) atoms. The van der Waals surface area contributed by atoms with Gasteiger partial charge in [0.15, 0.2) is 5.69 Å². The second-order valence-corrected chi connectivity index (χ2v) is 8.78. The lowest BCUT2D eigenvalue weighted by atomic mass is 10.2. The second-order valence-electron chi connectivity index (χ2n) is 6.81. The number of aromatic nitrogens is 3. The van der Waals surface area contributed by atoms with E-state index >= 15 is 0 Å². The number of hydrogen-bond acceptors (Lipinski definition) is 6. The number of ether oxygens (including phenoxy) is 1. The molecule has 0 radical (unpaired) electrons. The number of benzene rings is 1. The first kappa shape index (κ1) is 19.0. The van der Waals surface area contributed by atoms with Gasteiger partial charge in [0.05, 0.1) is 31.2 Å². The van der Waals surface area contributed by atoms with Crippen molar-refractivity contribution in [2.45, 2.75) is 11.8 Å². The zero-order valence-corrected chi connectivity index (χ0v) is 15.9. The van der Waals surface area contributed by atoms with Crippen LogP contribution in [0.15, 0.2) is 30.5 Å². The van der Waals surface area contributed by atoms with Crippen LogP contribution in [0.3, 0.4) is 0 Å². The summed E-state index contributed by atoms with van der Waals surface area (Å²) < 4.78 is 46.7. The third-order valence-electron chi connectivity index (χ3n) is 4.92. The molecule has 0 N–H and O–H groups in total. The fourth-order valence-corrected chi connectivity index (χ4v) is 4.80. The van der Waals surface area contributed by atoms with Crippen LogP contribution in [0.1, 0.15) is 22.1 Å². The van der Waals surface area contributed by atoms with Gasteiger partial charge in [-0.25, -0.2) is 17.5 Å². The SMILES string of the molecule is O=C(c1cn(C2CN(S(=O)(=O)Cc3ccccc3F)C2)nn1)N1CCOCC1. The van der Waals surface area contributed by atoms with Crippen molar-refractivity contribution in [3.05, 3.63) is 47.5 Å². The molecule has 2 aliphatic rings. The van der Waals surface area contributed by atoms with Gasteiger partial charge in [0.2, 0.25) is 10.0 Å². The summed E-state index contributed by atoms with van der Waals surface area (Å²) in [5.41, 5.74) is 0.375. The van der Waals surface area contributed by atoms with Crippen LogP contribution in [0.2, 0.25) is 0 Å². The van der Waals surface area contributed by atoms with Crippen LogP contribution in [-0.4, -0.2) is 77.9 Å². The molecule has 0 aliphatic carbocycles. The molecule has 150 valence electrons. The number of hydrogen-bond donors (Lipinski definition) is 0. The van der Waals surface area contributed by atoms with Crippen LogP contribution in [0.25, 0.3) is 0 Å². The molecule has 1 amide bonds. The van der Waals surface area contributed by atoms with Gasteiger partial charge in [-0.15, -0.1) is 5.10 Å². The van der Waals surface area contributed by atoms with Crippen molar-refractivity contribution in [2.24, 2.45) is 0 Å². The van der Waals surface area contributed by atoms with Crippen molar-refractivity contribution in [3.63, 3.8) is 0 Å². The Labute approximate surface area is 161 Å². The normalized spacial score (nSPS) is 18.8. The molecule has 1 aromatic carbocycles. The Morgan fingerprint density at radius 3 is 2.64 bits per heavy atom. The fourth-order valence-electron chi connectivity index (χ4n) is 3.20. The average Bonchev–Trinajstić information content (AvgIpc) is 3.11. The van der Waals surface area contributed by atoms with Gasteiger partial charge in [0.25, 0.3) is 5.91 Å². The quantitative estimate of drug-likeness (QED) is 0.704. The maximum Gasteiger partial charge on any atom is 0.276 e. The molecular weight excluding hydrogens is 389 g/mol. The maximum atomic E-state index is 13.7. The Morgan fingerprint density at radius 2 is 1.93 bits per heavy atom. The Morgan fingerprint density at radius 1 is 1.21 bits per heavy atom. The number of sulfonamides is 1. The molecule has 2 aliphatic heterocycles. The van der Waals surface area contributed by atoms with E-state index in [0.717, 1.165) is 0 Å². The van der Waals surface area contributed by atoms with Gasteiger partial charge in [-0.1, -0.05) is 23.4 Å². The van der Waals surface area contributed by atoms with Crippen LogP contribution in [0, 0.1) is 5.82 Å². The topological polar surface area (TPSA) is 97.6 Å². The minimum atomic E-state index is -3.62. The van der Waals surface area contributed by atoms with Crippen LogP contribution in [-0.2, 0) is 20.5 Å². The van der Waals surface area contributed by atoms with E-state index in [-0.39, 0.29) is 42.0 Å². The number of morpholine rings is 1. The third-order valence-corrected chi connectivity index (χ3v) is 6.68. The van der Waals surface area contributed by atoms with Gasteiger partial charge in [-0.3, -0.25) is 4.79 Å². The van der Waals surface area contributed by atoms with E-state index in [2.05, 4.69) is 10.3 Å². The highest BCUT2D eigenvalue weighted by Crippen LogP contribution is 2.26. The Hall–Kier alpha value is -2.37. The Bertz CT molecular complexity index is 967. The molecule has 2 aromatic rings. The zero-order chi connectivity index (χ0) is 19.7. The standard InChI is InChI=1S/C17H20FN5O4S/c18-15-4-2-1-3-13(15)12-28(25,26)22-9-14(10-22)23-11-16(19-20-23)17(24)21-5-7-27-8-6-21/h1-4,11,14H,5-10,12H2. The zero-order valence-electron chi connectivity index (χ0n) is 15.1. The largest absolute Gasteiger partial charge is 0.378 e. The number of rotatable bonds is 5. The van der Waals surface area contributed by atoms with Crippen molar-refractivity contribution in [3.8, 4) is 0 Å². The minimum absolute atomic E-state index is 0.144. The molecule has 0 unspecified atom stereocenters. The van der Waals surface area contributed by atoms with Gasteiger partial charge in [-0.05, 0) is 6.07 Å². The Kier molecular flexibility index (Phi) is 5.13. The summed E-state index contributed by atoms with van der Waals surface area (Å²) in [4.78, 5) is 14.1.